The molecule has 0 aromatic heterocycles. The number of halogens is 6. The summed E-state index contributed by atoms with van der Waals surface area (Å²) in [6.07, 6.45) is 0. The van der Waals surface area contributed by atoms with Gasteiger partial charge in [-0.3, -0.25) is 0 Å². The monoisotopic (exact) mass is 670 g/mol. The number of hydrogen-bond acceptors (Lipinski definition) is 6. The Labute approximate surface area is 276 Å². The van der Waals surface area contributed by atoms with E-state index >= 15 is 0 Å². The average molecular weight is 671 g/mol. The minimum atomic E-state index is -1.34. The first-order valence-electron chi connectivity index (χ1n) is 13.1. The molecule has 5 rings (SSSR count). The molecule has 0 saturated carbocycles. The SMILES string of the molecule is N#Cc1c(F)c(-c2ccccc2)c(C#N)c(F)c1-c1ccccc1.N#Cc1c(F)c(Cl)c(C#N)c(F)c1Cl.OB(O)c1ccccc1. The molecule has 0 bridgehead atoms. The quantitative estimate of drug-likeness (QED) is 0.116. The molecule has 0 unspecified atom stereocenters. The van der Waals surface area contributed by atoms with E-state index in [4.69, 9.17) is 43.8 Å². The lowest BCUT2D eigenvalue weighted by Gasteiger charge is -2.14. The lowest BCUT2D eigenvalue weighted by atomic mass is 9.81. The Morgan fingerprint density at radius 3 is 1.02 bits per heavy atom. The molecule has 5 aromatic carbocycles. The third kappa shape index (κ3) is 7.96. The third-order valence-corrected chi connectivity index (χ3v) is 7.02. The van der Waals surface area contributed by atoms with Crippen LogP contribution in [0.4, 0.5) is 17.6 Å². The van der Waals surface area contributed by atoms with E-state index < -0.39 is 62.7 Å². The van der Waals surface area contributed by atoms with Crippen LogP contribution in [0.5, 0.6) is 0 Å². The lowest BCUT2D eigenvalue weighted by molar-refractivity contribution is 0.426. The Balaban J connectivity index is 0.000000219. The first kappa shape index (κ1) is 35.8. The number of nitrogens with zero attached hydrogens (tertiary/aromatic N) is 4. The second kappa shape index (κ2) is 16.6. The van der Waals surface area contributed by atoms with Crippen molar-refractivity contribution in [2.24, 2.45) is 0 Å². The van der Waals surface area contributed by atoms with Crippen LogP contribution in [0, 0.1) is 68.6 Å². The van der Waals surface area contributed by atoms with Crippen molar-refractivity contribution >= 4 is 35.8 Å². The Bertz CT molecular complexity index is 1920. The van der Waals surface area contributed by atoms with Gasteiger partial charge in [0.1, 0.15) is 35.4 Å². The van der Waals surface area contributed by atoms with Gasteiger partial charge < -0.3 is 10.0 Å². The molecule has 47 heavy (non-hydrogen) atoms. The Morgan fingerprint density at radius 1 is 0.468 bits per heavy atom. The molecule has 0 radical (unpaired) electrons. The molecular weight excluding hydrogens is 654 g/mol. The standard InChI is InChI=1S/C20H10F2N2.C8Cl2F2N2.C6H7BO2/c21-19-16(12-24)18(14-9-5-2-6-10-14)20(22)15(11-23)17(19)13-7-3-1-4-8-13;9-5-3(1-13)7(11)6(10)4(2-14)8(5)12;8-7(9)6-4-2-1-3-5-6/h1-10H;;1-5,8-9H. The van der Waals surface area contributed by atoms with Crippen LogP contribution in [-0.2, 0) is 0 Å². The lowest BCUT2D eigenvalue weighted by Crippen LogP contribution is -2.29. The highest BCUT2D eigenvalue weighted by atomic mass is 35.5. The molecule has 0 saturated heterocycles. The van der Waals surface area contributed by atoms with Crippen molar-refractivity contribution in [3.8, 4) is 46.5 Å². The molecule has 0 aliphatic carbocycles. The van der Waals surface area contributed by atoms with Crippen LogP contribution >= 0.6 is 23.2 Å². The number of hydrogen-bond donors (Lipinski definition) is 2. The topological polar surface area (TPSA) is 136 Å². The largest absolute Gasteiger partial charge is 0.488 e. The van der Waals surface area contributed by atoms with Gasteiger partial charge in [-0.2, -0.15) is 21.0 Å². The van der Waals surface area contributed by atoms with Crippen LogP contribution in [-0.4, -0.2) is 17.2 Å². The predicted octanol–water partition coefficient (Wildman–Crippen LogP) is 7.42. The Kier molecular flexibility index (Phi) is 12.6. The summed E-state index contributed by atoms with van der Waals surface area (Å²) in [5, 5.41) is 51.3. The predicted molar refractivity (Wildman–Crippen MR) is 169 cm³/mol. The average Bonchev–Trinajstić information content (AvgIpc) is 3.10. The minimum Gasteiger partial charge on any atom is -0.423 e. The summed E-state index contributed by atoms with van der Waals surface area (Å²) in [5.41, 5.74) is -1.37. The van der Waals surface area contributed by atoms with E-state index in [1.807, 2.05) is 6.07 Å². The maximum atomic E-state index is 15.0. The highest BCUT2D eigenvalue weighted by Gasteiger charge is 2.26. The van der Waals surface area contributed by atoms with E-state index in [9.17, 15) is 28.1 Å². The van der Waals surface area contributed by atoms with Gasteiger partial charge in [-0.1, -0.05) is 114 Å². The van der Waals surface area contributed by atoms with Crippen LogP contribution in [0.1, 0.15) is 22.3 Å². The van der Waals surface area contributed by atoms with Crippen LogP contribution in [0.25, 0.3) is 22.3 Å². The summed E-state index contributed by atoms with van der Waals surface area (Å²) in [4.78, 5) is 0. The zero-order chi connectivity index (χ0) is 34.7. The third-order valence-electron chi connectivity index (χ3n) is 6.31. The molecule has 6 nitrogen and oxygen atoms in total. The van der Waals surface area contributed by atoms with Crippen molar-refractivity contribution < 1.29 is 27.6 Å². The number of rotatable bonds is 3. The van der Waals surface area contributed by atoms with Crippen molar-refractivity contribution in [1.29, 1.82) is 21.0 Å². The highest BCUT2D eigenvalue weighted by Crippen LogP contribution is 2.38. The van der Waals surface area contributed by atoms with Crippen molar-refractivity contribution in [3.63, 3.8) is 0 Å². The second-order valence-corrected chi connectivity index (χ2v) is 9.85. The number of nitriles is 4. The molecule has 0 amide bonds. The van der Waals surface area contributed by atoms with Crippen LogP contribution in [0.15, 0.2) is 91.0 Å². The van der Waals surface area contributed by atoms with Gasteiger partial charge in [0, 0.05) is 11.1 Å². The molecule has 5 aromatic rings. The van der Waals surface area contributed by atoms with E-state index in [1.165, 1.54) is 12.1 Å². The fourth-order valence-electron chi connectivity index (χ4n) is 4.10. The summed E-state index contributed by atoms with van der Waals surface area (Å²) < 4.78 is 56.3. The normalized spacial score (nSPS) is 9.62. The molecule has 0 aliphatic heterocycles. The van der Waals surface area contributed by atoms with E-state index in [-0.39, 0.29) is 11.1 Å². The summed E-state index contributed by atoms with van der Waals surface area (Å²) in [6, 6.07) is 31.2. The molecule has 0 heterocycles. The van der Waals surface area contributed by atoms with Crippen molar-refractivity contribution in [2.75, 3.05) is 0 Å². The summed E-state index contributed by atoms with van der Waals surface area (Å²) in [6.45, 7) is 0. The molecule has 0 spiro atoms. The van der Waals surface area contributed by atoms with E-state index in [0.29, 0.717) is 16.6 Å². The zero-order valence-corrected chi connectivity index (χ0v) is 25.2. The van der Waals surface area contributed by atoms with Gasteiger partial charge in [0.25, 0.3) is 0 Å². The second-order valence-electron chi connectivity index (χ2n) is 9.10. The molecular formula is C34H17BCl2F4N4O2. The van der Waals surface area contributed by atoms with Crippen molar-refractivity contribution in [3.05, 3.63) is 147 Å². The van der Waals surface area contributed by atoms with Gasteiger partial charge >= 0.3 is 7.12 Å². The Hall–Kier alpha value is -5.66. The summed E-state index contributed by atoms with van der Waals surface area (Å²) >= 11 is 10.6. The van der Waals surface area contributed by atoms with E-state index in [1.54, 1.807) is 97.1 Å². The molecule has 0 aliphatic rings. The fraction of sp³-hybridized carbons (Fsp3) is 0. The summed E-state index contributed by atoms with van der Waals surface area (Å²) in [7, 11) is -1.34. The van der Waals surface area contributed by atoms with E-state index in [2.05, 4.69) is 0 Å². The summed E-state index contributed by atoms with van der Waals surface area (Å²) in [5.74, 6) is -4.14. The van der Waals surface area contributed by atoms with Crippen LogP contribution < -0.4 is 5.46 Å². The maximum Gasteiger partial charge on any atom is 0.488 e. The van der Waals surface area contributed by atoms with Gasteiger partial charge in [-0.25, -0.2) is 17.6 Å². The van der Waals surface area contributed by atoms with Gasteiger partial charge in [0.2, 0.25) is 0 Å². The van der Waals surface area contributed by atoms with Gasteiger partial charge in [-0.15, -0.1) is 0 Å². The minimum absolute atomic E-state index is 0.188. The van der Waals surface area contributed by atoms with Crippen molar-refractivity contribution in [2.45, 2.75) is 0 Å². The first-order chi connectivity index (χ1) is 22.5. The molecule has 2 N–H and O–H groups in total. The van der Waals surface area contributed by atoms with Gasteiger partial charge in [0.05, 0.1) is 21.2 Å². The maximum absolute atomic E-state index is 15.0. The van der Waals surface area contributed by atoms with E-state index in [0.717, 1.165) is 0 Å². The first-order valence-corrected chi connectivity index (χ1v) is 13.8. The fourth-order valence-corrected chi connectivity index (χ4v) is 4.54. The smallest absolute Gasteiger partial charge is 0.423 e. The molecule has 13 heteroatoms. The zero-order valence-electron chi connectivity index (χ0n) is 23.7. The van der Waals surface area contributed by atoms with Crippen LogP contribution in [0.3, 0.4) is 0 Å². The number of benzene rings is 5. The molecule has 0 fully saturated rings. The Morgan fingerprint density at radius 2 is 0.766 bits per heavy atom. The van der Waals surface area contributed by atoms with Crippen molar-refractivity contribution in [1.82, 2.24) is 0 Å². The van der Waals surface area contributed by atoms with Gasteiger partial charge in [0.15, 0.2) is 23.3 Å². The van der Waals surface area contributed by atoms with Crippen LogP contribution in [0.2, 0.25) is 10.0 Å². The van der Waals surface area contributed by atoms with Gasteiger partial charge in [-0.05, 0) is 16.6 Å². The molecule has 0 atom stereocenters. The molecule has 230 valence electrons. The highest BCUT2D eigenvalue weighted by molar-refractivity contribution is 6.58.